The van der Waals surface area contributed by atoms with Crippen molar-refractivity contribution in [1.82, 2.24) is 15.2 Å². The number of aromatic nitrogens is 1. The summed E-state index contributed by atoms with van der Waals surface area (Å²) in [4.78, 5) is 43.0. The van der Waals surface area contributed by atoms with Crippen LogP contribution in [0.15, 0.2) is 41.3 Å². The third kappa shape index (κ3) is 4.05. The van der Waals surface area contributed by atoms with Crippen LogP contribution in [0.2, 0.25) is 0 Å². The lowest BCUT2D eigenvalue weighted by atomic mass is 9.95. The molecule has 3 amide bonds. The van der Waals surface area contributed by atoms with Crippen LogP contribution >= 0.6 is 11.8 Å². The zero-order valence-corrected chi connectivity index (χ0v) is 19.7. The number of hydrogen-bond donors (Lipinski definition) is 2. The van der Waals surface area contributed by atoms with Gasteiger partial charge in [-0.15, -0.1) is 0 Å². The number of thioether (sulfide) groups is 1. The Morgan fingerprint density at radius 1 is 1.09 bits per heavy atom. The third-order valence-electron chi connectivity index (χ3n) is 6.55. The van der Waals surface area contributed by atoms with Gasteiger partial charge in [-0.1, -0.05) is 6.07 Å². The van der Waals surface area contributed by atoms with Gasteiger partial charge in [0.15, 0.2) is 11.5 Å². The summed E-state index contributed by atoms with van der Waals surface area (Å²) in [5, 5.41) is 3.60. The summed E-state index contributed by atoms with van der Waals surface area (Å²) in [5.74, 6) is 0.674. The van der Waals surface area contributed by atoms with Gasteiger partial charge in [-0.25, -0.2) is 0 Å². The van der Waals surface area contributed by atoms with E-state index in [1.807, 2.05) is 12.1 Å². The van der Waals surface area contributed by atoms with Crippen molar-refractivity contribution in [3.05, 3.63) is 63.7 Å². The van der Waals surface area contributed by atoms with Crippen molar-refractivity contribution >= 4 is 45.8 Å². The minimum Gasteiger partial charge on any atom is -0.454 e. The standard InChI is InChI=1S/C26H23N3O5S/c30-24(16-6-7-20-18(13-16)17-3-1-2-4-19(17)28-20)27-9-10-29-25(31)23(35-26(29)32)12-15-5-8-21-22(11-15)34-14-33-21/h5-8,11-13,28H,1-4,9-10,14H2,(H,27,30)/b23-12-. The molecule has 1 aromatic heterocycles. The zero-order chi connectivity index (χ0) is 23.9. The van der Waals surface area contributed by atoms with Gasteiger partial charge in [-0.2, -0.15) is 0 Å². The lowest BCUT2D eigenvalue weighted by Crippen LogP contribution is -2.37. The summed E-state index contributed by atoms with van der Waals surface area (Å²) >= 11 is 0.891. The molecule has 2 N–H and O–H groups in total. The molecule has 0 spiro atoms. The van der Waals surface area contributed by atoms with Gasteiger partial charge >= 0.3 is 0 Å². The number of aromatic amines is 1. The van der Waals surface area contributed by atoms with Crippen molar-refractivity contribution in [3.8, 4) is 11.5 Å². The second kappa shape index (κ2) is 8.81. The Kier molecular flexibility index (Phi) is 5.49. The highest BCUT2D eigenvalue weighted by molar-refractivity contribution is 8.18. The summed E-state index contributed by atoms with van der Waals surface area (Å²) in [6, 6.07) is 11.0. The molecule has 35 heavy (non-hydrogen) atoms. The molecule has 8 nitrogen and oxygen atoms in total. The van der Waals surface area contributed by atoms with Gasteiger partial charge in [0.25, 0.3) is 17.1 Å². The lowest BCUT2D eigenvalue weighted by molar-refractivity contribution is -0.122. The summed E-state index contributed by atoms with van der Waals surface area (Å²) in [6.45, 7) is 0.455. The number of carbonyl (C=O) groups is 3. The monoisotopic (exact) mass is 489 g/mol. The van der Waals surface area contributed by atoms with E-state index in [0.717, 1.165) is 52.4 Å². The van der Waals surface area contributed by atoms with Crippen molar-refractivity contribution in [2.24, 2.45) is 0 Å². The molecule has 0 radical (unpaired) electrons. The van der Waals surface area contributed by atoms with Crippen LogP contribution in [-0.4, -0.2) is 46.8 Å². The van der Waals surface area contributed by atoms with Crippen LogP contribution in [0.1, 0.15) is 40.0 Å². The molecule has 6 rings (SSSR count). The first kappa shape index (κ1) is 21.8. The molecule has 0 saturated carbocycles. The molecule has 0 atom stereocenters. The first-order chi connectivity index (χ1) is 17.1. The average molecular weight is 490 g/mol. The van der Waals surface area contributed by atoms with E-state index in [1.54, 1.807) is 30.3 Å². The maximum absolute atomic E-state index is 12.8. The number of rotatable bonds is 5. The van der Waals surface area contributed by atoms with E-state index >= 15 is 0 Å². The fourth-order valence-corrected chi connectivity index (χ4v) is 5.64. The van der Waals surface area contributed by atoms with Crippen LogP contribution < -0.4 is 14.8 Å². The van der Waals surface area contributed by atoms with Crippen LogP contribution in [0.3, 0.4) is 0 Å². The minimum atomic E-state index is -0.368. The van der Waals surface area contributed by atoms with E-state index in [-0.39, 0.29) is 36.9 Å². The molecule has 0 bridgehead atoms. The smallest absolute Gasteiger partial charge is 0.293 e. The lowest BCUT2D eigenvalue weighted by Gasteiger charge is -2.13. The van der Waals surface area contributed by atoms with Crippen LogP contribution in [-0.2, 0) is 17.6 Å². The van der Waals surface area contributed by atoms with Crippen molar-refractivity contribution in [2.45, 2.75) is 25.7 Å². The van der Waals surface area contributed by atoms with Crippen LogP contribution in [0.25, 0.3) is 17.0 Å². The van der Waals surface area contributed by atoms with Crippen LogP contribution in [0.5, 0.6) is 11.5 Å². The number of aryl methyl sites for hydroxylation is 2. The second-order valence-corrected chi connectivity index (χ2v) is 9.74. The number of imide groups is 1. The topological polar surface area (TPSA) is 101 Å². The molecular weight excluding hydrogens is 466 g/mol. The number of H-pyrrole nitrogens is 1. The summed E-state index contributed by atoms with van der Waals surface area (Å²) in [5.41, 5.74) is 4.96. The minimum absolute atomic E-state index is 0.108. The van der Waals surface area contributed by atoms with Crippen LogP contribution in [0, 0.1) is 0 Å². The van der Waals surface area contributed by atoms with Gasteiger partial charge in [0.2, 0.25) is 6.79 Å². The van der Waals surface area contributed by atoms with E-state index in [9.17, 15) is 14.4 Å². The Bertz CT molecular complexity index is 1410. The number of carbonyl (C=O) groups excluding carboxylic acids is 3. The normalized spacial score (nSPS) is 17.9. The predicted molar refractivity (Wildman–Crippen MR) is 133 cm³/mol. The summed E-state index contributed by atoms with van der Waals surface area (Å²) < 4.78 is 10.7. The molecule has 2 aromatic carbocycles. The number of amides is 3. The fourth-order valence-electron chi connectivity index (χ4n) is 4.78. The van der Waals surface area contributed by atoms with Gasteiger partial charge in [0.1, 0.15) is 0 Å². The van der Waals surface area contributed by atoms with Gasteiger partial charge in [-0.3, -0.25) is 19.3 Å². The molecule has 3 heterocycles. The molecule has 0 unspecified atom stereocenters. The molecule has 1 fully saturated rings. The van der Waals surface area contributed by atoms with E-state index < -0.39 is 0 Å². The summed E-state index contributed by atoms with van der Waals surface area (Å²) in [6.07, 6.45) is 6.09. The van der Waals surface area contributed by atoms with Crippen molar-refractivity contribution in [3.63, 3.8) is 0 Å². The quantitative estimate of drug-likeness (QED) is 0.520. The van der Waals surface area contributed by atoms with E-state index in [0.29, 0.717) is 22.0 Å². The number of nitrogens with one attached hydrogen (secondary N) is 2. The molecule has 1 saturated heterocycles. The highest BCUT2D eigenvalue weighted by Gasteiger charge is 2.34. The Labute approximate surface area is 205 Å². The highest BCUT2D eigenvalue weighted by atomic mass is 32.2. The SMILES string of the molecule is O=C(NCCN1C(=O)S/C(=C\c2ccc3c(c2)OCO3)C1=O)c1ccc2[nH]c3c(c2c1)CCCC3. The molecule has 3 aromatic rings. The van der Waals surface area contributed by atoms with Gasteiger partial charge in [0, 0.05) is 35.2 Å². The van der Waals surface area contributed by atoms with Crippen molar-refractivity contribution < 1.29 is 23.9 Å². The van der Waals surface area contributed by atoms with Gasteiger partial charge < -0.3 is 19.8 Å². The van der Waals surface area contributed by atoms with Crippen LogP contribution in [0.4, 0.5) is 4.79 Å². The van der Waals surface area contributed by atoms with Crippen molar-refractivity contribution in [2.75, 3.05) is 19.9 Å². The first-order valence-electron chi connectivity index (χ1n) is 11.6. The van der Waals surface area contributed by atoms with Crippen molar-refractivity contribution in [1.29, 1.82) is 0 Å². The zero-order valence-electron chi connectivity index (χ0n) is 18.9. The number of benzene rings is 2. The third-order valence-corrected chi connectivity index (χ3v) is 7.46. The first-order valence-corrected chi connectivity index (χ1v) is 12.5. The van der Waals surface area contributed by atoms with E-state index in [2.05, 4.69) is 10.3 Å². The largest absolute Gasteiger partial charge is 0.454 e. The maximum atomic E-state index is 12.8. The molecule has 9 heteroatoms. The average Bonchev–Trinajstić information content (AvgIpc) is 3.55. The molecular formula is C26H23N3O5S. The predicted octanol–water partition coefficient (Wildman–Crippen LogP) is 4.24. The maximum Gasteiger partial charge on any atom is 0.293 e. The molecule has 1 aliphatic carbocycles. The summed E-state index contributed by atoms with van der Waals surface area (Å²) in [7, 11) is 0. The second-order valence-electron chi connectivity index (χ2n) is 8.75. The number of hydrogen-bond acceptors (Lipinski definition) is 6. The van der Waals surface area contributed by atoms with Gasteiger partial charge in [0.05, 0.1) is 4.91 Å². The molecule has 2 aliphatic heterocycles. The molecule has 178 valence electrons. The Balaban J connectivity index is 1.10. The van der Waals surface area contributed by atoms with Gasteiger partial charge in [-0.05, 0) is 85.0 Å². The highest BCUT2D eigenvalue weighted by Crippen LogP contribution is 2.36. The fraction of sp³-hybridized carbons (Fsp3) is 0.269. The molecule has 3 aliphatic rings. The number of nitrogens with zero attached hydrogens (tertiary/aromatic N) is 1. The Morgan fingerprint density at radius 3 is 2.86 bits per heavy atom. The van der Waals surface area contributed by atoms with E-state index in [4.69, 9.17) is 9.47 Å². The number of fused-ring (bicyclic) bond motifs is 4. The Hall–Kier alpha value is -3.72. The number of ether oxygens (including phenoxy) is 2. The van der Waals surface area contributed by atoms with E-state index in [1.165, 1.54) is 17.7 Å². The Morgan fingerprint density at radius 2 is 1.94 bits per heavy atom.